The second-order valence-electron chi connectivity index (χ2n) is 4.91. The average molecular weight is 265 g/mol. The molecule has 0 saturated carbocycles. The molecular formula is C13H19N3O3. The third-order valence-corrected chi connectivity index (χ3v) is 3.33. The van der Waals surface area contributed by atoms with Gasteiger partial charge in [0.25, 0.3) is 0 Å². The lowest BCUT2D eigenvalue weighted by molar-refractivity contribution is 0.181. The molecule has 2 atom stereocenters. The van der Waals surface area contributed by atoms with Crippen LogP contribution in [0.2, 0.25) is 0 Å². The molecule has 6 nitrogen and oxygen atoms in total. The van der Waals surface area contributed by atoms with E-state index in [9.17, 15) is 9.90 Å². The summed E-state index contributed by atoms with van der Waals surface area (Å²) in [4.78, 5) is 13.4. The lowest BCUT2D eigenvalue weighted by atomic mass is 9.99. The molecule has 2 unspecified atom stereocenters. The van der Waals surface area contributed by atoms with E-state index in [1.807, 2.05) is 31.1 Å². The van der Waals surface area contributed by atoms with Gasteiger partial charge in [0.15, 0.2) is 5.58 Å². The van der Waals surface area contributed by atoms with Crippen LogP contribution in [0.4, 0.5) is 0 Å². The molecule has 0 bridgehead atoms. The van der Waals surface area contributed by atoms with Crippen molar-refractivity contribution in [2.75, 3.05) is 20.7 Å². The summed E-state index contributed by atoms with van der Waals surface area (Å²) in [5, 5.41) is 9.26. The summed E-state index contributed by atoms with van der Waals surface area (Å²) in [6.45, 7) is -0.106. The number of likely N-dealkylation sites (N-methyl/N-ethyl adjacent to an activating group) is 1. The quantitative estimate of drug-likeness (QED) is 0.816. The minimum absolute atomic E-state index is 0.106. The molecule has 1 aromatic heterocycles. The number of aliphatic hydroxyl groups excluding tert-OH is 1. The van der Waals surface area contributed by atoms with Crippen molar-refractivity contribution in [3.05, 3.63) is 34.3 Å². The van der Waals surface area contributed by atoms with Gasteiger partial charge in [-0.25, -0.2) is 4.79 Å². The highest BCUT2D eigenvalue weighted by Crippen LogP contribution is 2.24. The molecule has 1 heterocycles. The Labute approximate surface area is 111 Å². The summed E-state index contributed by atoms with van der Waals surface area (Å²) in [5.74, 6) is -0.389. The second kappa shape index (κ2) is 5.16. The number of rotatable bonds is 4. The highest BCUT2D eigenvalue weighted by atomic mass is 16.4. The largest absolute Gasteiger partial charge is 0.419 e. The fourth-order valence-electron chi connectivity index (χ4n) is 2.36. The van der Waals surface area contributed by atoms with Crippen LogP contribution >= 0.6 is 0 Å². The number of aliphatic hydroxyl groups is 1. The first-order chi connectivity index (χ1) is 8.95. The number of fused-ring (bicyclic) bond motifs is 1. The highest BCUT2D eigenvalue weighted by molar-refractivity contribution is 5.73. The van der Waals surface area contributed by atoms with Gasteiger partial charge in [-0.05, 0) is 31.8 Å². The zero-order chi connectivity index (χ0) is 14.2. The normalized spacial score (nSPS) is 15.1. The van der Waals surface area contributed by atoms with E-state index in [1.54, 1.807) is 13.1 Å². The average Bonchev–Trinajstić information content (AvgIpc) is 2.65. The number of nitrogens with zero attached hydrogens (tertiary/aromatic N) is 2. The van der Waals surface area contributed by atoms with Crippen molar-refractivity contribution < 1.29 is 9.52 Å². The Morgan fingerprint density at radius 2 is 2.16 bits per heavy atom. The van der Waals surface area contributed by atoms with Crippen molar-refractivity contribution in [3.63, 3.8) is 0 Å². The number of hydrogen-bond donors (Lipinski definition) is 2. The Morgan fingerprint density at radius 3 is 2.74 bits per heavy atom. The van der Waals surface area contributed by atoms with Gasteiger partial charge < -0.3 is 20.2 Å². The van der Waals surface area contributed by atoms with Crippen LogP contribution in [-0.4, -0.2) is 41.3 Å². The van der Waals surface area contributed by atoms with Crippen molar-refractivity contribution in [2.24, 2.45) is 12.8 Å². The van der Waals surface area contributed by atoms with Crippen LogP contribution < -0.4 is 11.5 Å². The van der Waals surface area contributed by atoms with Crippen LogP contribution in [0.1, 0.15) is 11.6 Å². The SMILES string of the molecule is CN(C)C(c1ccc2oc(=O)n(C)c2c1)C(N)CO. The maximum Gasteiger partial charge on any atom is 0.419 e. The zero-order valence-corrected chi connectivity index (χ0v) is 11.3. The first-order valence-corrected chi connectivity index (χ1v) is 6.08. The first-order valence-electron chi connectivity index (χ1n) is 6.08. The summed E-state index contributed by atoms with van der Waals surface area (Å²) < 4.78 is 6.55. The van der Waals surface area contributed by atoms with Gasteiger partial charge in [0.05, 0.1) is 18.2 Å². The molecule has 0 aliphatic heterocycles. The van der Waals surface area contributed by atoms with Gasteiger partial charge in [0, 0.05) is 13.1 Å². The Bertz CT molecular complexity index is 630. The molecule has 0 radical (unpaired) electrons. The molecule has 2 rings (SSSR count). The maximum atomic E-state index is 11.5. The standard InChI is InChI=1S/C13H19N3O3/c1-15(2)12(9(14)7-17)8-4-5-11-10(6-8)16(3)13(18)19-11/h4-6,9,12,17H,7,14H2,1-3H3. The summed E-state index contributed by atoms with van der Waals surface area (Å²) in [5.41, 5.74) is 8.16. The smallest absolute Gasteiger partial charge is 0.408 e. The summed E-state index contributed by atoms with van der Waals surface area (Å²) in [6, 6.07) is 4.98. The molecule has 0 aliphatic carbocycles. The lowest BCUT2D eigenvalue weighted by Crippen LogP contribution is -2.39. The van der Waals surface area contributed by atoms with E-state index >= 15 is 0 Å². The van der Waals surface area contributed by atoms with Gasteiger partial charge in [-0.15, -0.1) is 0 Å². The number of benzene rings is 1. The molecular weight excluding hydrogens is 246 g/mol. The van der Waals surface area contributed by atoms with Gasteiger partial charge in [-0.2, -0.15) is 0 Å². The van der Waals surface area contributed by atoms with E-state index in [0.29, 0.717) is 5.58 Å². The van der Waals surface area contributed by atoms with Gasteiger partial charge in [-0.3, -0.25) is 4.57 Å². The molecule has 0 saturated heterocycles. The van der Waals surface area contributed by atoms with E-state index in [2.05, 4.69) is 0 Å². The van der Waals surface area contributed by atoms with Crippen LogP contribution in [0.25, 0.3) is 11.1 Å². The van der Waals surface area contributed by atoms with Crippen molar-refractivity contribution >= 4 is 11.1 Å². The number of aromatic nitrogens is 1. The van der Waals surface area contributed by atoms with Gasteiger partial charge in [-0.1, -0.05) is 6.07 Å². The predicted molar refractivity (Wildman–Crippen MR) is 72.9 cm³/mol. The maximum absolute atomic E-state index is 11.5. The molecule has 0 aliphatic rings. The monoisotopic (exact) mass is 265 g/mol. The Kier molecular flexibility index (Phi) is 3.75. The lowest BCUT2D eigenvalue weighted by Gasteiger charge is -2.29. The van der Waals surface area contributed by atoms with Crippen molar-refractivity contribution in [1.29, 1.82) is 0 Å². The molecule has 19 heavy (non-hydrogen) atoms. The van der Waals surface area contributed by atoms with Gasteiger partial charge >= 0.3 is 5.76 Å². The molecule has 1 aromatic carbocycles. The highest BCUT2D eigenvalue weighted by Gasteiger charge is 2.22. The number of hydrogen-bond acceptors (Lipinski definition) is 5. The summed E-state index contributed by atoms with van der Waals surface area (Å²) >= 11 is 0. The molecule has 0 fully saturated rings. The van der Waals surface area contributed by atoms with Gasteiger partial charge in [0.2, 0.25) is 0 Å². The topological polar surface area (TPSA) is 84.6 Å². The third-order valence-electron chi connectivity index (χ3n) is 3.33. The fraction of sp³-hybridized carbons (Fsp3) is 0.462. The van der Waals surface area contributed by atoms with E-state index in [-0.39, 0.29) is 18.4 Å². The number of oxazole rings is 1. The number of aryl methyl sites for hydroxylation is 1. The molecule has 3 N–H and O–H groups in total. The van der Waals surface area contributed by atoms with E-state index in [1.165, 1.54) is 4.57 Å². The third kappa shape index (κ3) is 2.42. The Morgan fingerprint density at radius 1 is 1.47 bits per heavy atom. The van der Waals surface area contributed by atoms with Crippen molar-refractivity contribution in [2.45, 2.75) is 12.1 Å². The predicted octanol–water partition coefficient (Wildman–Crippen LogP) is 0.0538. The van der Waals surface area contributed by atoms with Crippen LogP contribution in [0.5, 0.6) is 0 Å². The van der Waals surface area contributed by atoms with Crippen LogP contribution in [0.3, 0.4) is 0 Å². The van der Waals surface area contributed by atoms with Gasteiger partial charge in [0.1, 0.15) is 0 Å². The zero-order valence-electron chi connectivity index (χ0n) is 11.3. The van der Waals surface area contributed by atoms with E-state index in [0.717, 1.165) is 11.1 Å². The molecule has 104 valence electrons. The summed E-state index contributed by atoms with van der Waals surface area (Å²) in [7, 11) is 5.46. The molecule has 0 amide bonds. The molecule has 6 heteroatoms. The Hall–Kier alpha value is -1.63. The number of nitrogens with two attached hydrogens (primary N) is 1. The minimum atomic E-state index is -0.392. The minimum Gasteiger partial charge on any atom is -0.408 e. The van der Waals surface area contributed by atoms with Crippen molar-refractivity contribution in [1.82, 2.24) is 9.47 Å². The van der Waals surface area contributed by atoms with Crippen molar-refractivity contribution in [3.8, 4) is 0 Å². The van der Waals surface area contributed by atoms with Crippen LogP contribution in [-0.2, 0) is 7.05 Å². The molecule has 2 aromatic rings. The fourth-order valence-corrected chi connectivity index (χ4v) is 2.36. The Balaban J connectivity index is 2.54. The van der Waals surface area contributed by atoms with Crippen LogP contribution in [0.15, 0.2) is 27.4 Å². The first kappa shape index (κ1) is 13.8. The summed E-state index contributed by atoms with van der Waals surface area (Å²) in [6.07, 6.45) is 0. The van der Waals surface area contributed by atoms with E-state index < -0.39 is 6.04 Å². The second-order valence-corrected chi connectivity index (χ2v) is 4.91. The molecule has 0 spiro atoms. The van der Waals surface area contributed by atoms with Crippen LogP contribution in [0, 0.1) is 0 Å². The van der Waals surface area contributed by atoms with E-state index in [4.69, 9.17) is 10.2 Å².